The van der Waals surface area contributed by atoms with E-state index < -0.39 is 18.0 Å². The molecule has 0 unspecified atom stereocenters. The molecular weight excluding hydrogens is 318 g/mol. The number of nitrogens with zero attached hydrogens (tertiary/aromatic N) is 1. The molecule has 0 saturated carbocycles. The summed E-state index contributed by atoms with van der Waals surface area (Å²) in [6, 6.07) is 9.38. The molecule has 0 aliphatic carbocycles. The van der Waals surface area contributed by atoms with Crippen LogP contribution in [-0.4, -0.2) is 65.2 Å². The van der Waals surface area contributed by atoms with Crippen molar-refractivity contribution in [3.8, 4) is 12.3 Å². The van der Waals surface area contributed by atoms with Crippen LogP contribution in [0.1, 0.15) is 30.7 Å². The van der Waals surface area contributed by atoms with Gasteiger partial charge < -0.3 is 19.4 Å². The van der Waals surface area contributed by atoms with E-state index in [2.05, 4.69) is 13.0 Å². The topological polar surface area (TPSA) is 66.8 Å². The highest BCUT2D eigenvalue weighted by Gasteiger charge is 2.56. The Kier molecular flexibility index (Phi) is 5.14. The Balaban J connectivity index is 1.69. The second-order valence-electron chi connectivity index (χ2n) is 7.41. The molecule has 25 heavy (non-hydrogen) atoms. The lowest BCUT2D eigenvalue weighted by Crippen LogP contribution is -2.60. The molecular formula is C20H26NO4+. The van der Waals surface area contributed by atoms with Crippen molar-refractivity contribution in [3.63, 3.8) is 0 Å². The van der Waals surface area contributed by atoms with Crippen LogP contribution in [-0.2, 0) is 9.53 Å². The van der Waals surface area contributed by atoms with E-state index in [4.69, 9.17) is 11.2 Å². The number of likely N-dealkylation sites (N-methyl/N-ethyl adjacent to an activating group) is 1. The molecule has 2 aliphatic rings. The Hall–Kier alpha value is -1.87. The van der Waals surface area contributed by atoms with Crippen molar-refractivity contribution in [2.24, 2.45) is 0 Å². The number of carbonyl (C=O) groups excluding carboxylic acids is 1. The fraction of sp³-hybridized carbons (Fsp3) is 0.550. The van der Waals surface area contributed by atoms with Gasteiger partial charge in [0.05, 0.1) is 19.7 Å². The largest absolute Gasteiger partial charge is 0.461 e. The van der Waals surface area contributed by atoms with Crippen LogP contribution in [0, 0.1) is 12.3 Å². The van der Waals surface area contributed by atoms with Crippen LogP contribution < -0.4 is 0 Å². The average molecular weight is 344 g/mol. The van der Waals surface area contributed by atoms with Crippen molar-refractivity contribution in [1.29, 1.82) is 0 Å². The summed E-state index contributed by atoms with van der Waals surface area (Å²) in [6.45, 7) is 0.298. The first-order chi connectivity index (χ1) is 12.0. The number of ether oxygens (including phenoxy) is 1. The number of aliphatic hydroxyl groups is 2. The first-order valence-corrected chi connectivity index (χ1v) is 8.82. The fourth-order valence-electron chi connectivity index (χ4n) is 4.53. The summed E-state index contributed by atoms with van der Waals surface area (Å²) in [7, 11) is 2.09. The van der Waals surface area contributed by atoms with Gasteiger partial charge in [0, 0.05) is 19.3 Å². The summed E-state index contributed by atoms with van der Waals surface area (Å²) in [5.74, 6) is 1.65. The minimum Gasteiger partial charge on any atom is -0.461 e. The molecule has 3 rings (SSSR count). The number of benzene rings is 1. The van der Waals surface area contributed by atoms with E-state index in [0.29, 0.717) is 30.3 Å². The molecule has 134 valence electrons. The van der Waals surface area contributed by atoms with Crippen LogP contribution in [0.2, 0.25) is 0 Å². The highest BCUT2D eigenvalue weighted by atomic mass is 16.5. The van der Waals surface area contributed by atoms with E-state index in [9.17, 15) is 15.0 Å². The third kappa shape index (κ3) is 3.30. The number of quaternary nitrogens is 1. The van der Waals surface area contributed by atoms with Gasteiger partial charge >= 0.3 is 5.97 Å². The molecule has 1 aromatic carbocycles. The standard InChI is InChI=1S/C20H26NO4/c1-3-9-21(2)15-10-16(12-18(21)19(23)11-15)25-20(24)17(13-22)14-7-5-4-6-8-14/h1,4-8,15-19,22-23H,9-13H2,2H3/q+1/t15-,16-,17-,18-,19-,21+/m0/s1. The van der Waals surface area contributed by atoms with E-state index in [1.807, 2.05) is 30.3 Å². The zero-order valence-electron chi connectivity index (χ0n) is 14.5. The molecule has 5 heteroatoms. The van der Waals surface area contributed by atoms with Crippen LogP contribution in [0.4, 0.5) is 0 Å². The summed E-state index contributed by atoms with van der Waals surface area (Å²) in [4.78, 5) is 12.6. The zero-order chi connectivity index (χ0) is 18.0. The Bertz CT molecular complexity index is 655. The van der Waals surface area contributed by atoms with Gasteiger partial charge in [0.1, 0.15) is 30.7 Å². The molecule has 0 aromatic heterocycles. The number of fused-ring (bicyclic) bond motifs is 2. The van der Waals surface area contributed by atoms with Crippen LogP contribution in [0.3, 0.4) is 0 Å². The minimum atomic E-state index is -0.669. The lowest BCUT2D eigenvalue weighted by molar-refractivity contribution is -0.944. The third-order valence-electron chi connectivity index (χ3n) is 5.97. The summed E-state index contributed by atoms with van der Waals surface area (Å²) in [5.41, 5.74) is 0.752. The Labute approximate surface area is 148 Å². The van der Waals surface area contributed by atoms with Gasteiger partial charge in [0.25, 0.3) is 0 Å². The molecule has 1 aromatic rings. The summed E-state index contributed by atoms with van der Waals surface area (Å²) < 4.78 is 6.39. The number of piperidine rings is 1. The molecule has 2 fully saturated rings. The molecule has 2 heterocycles. The van der Waals surface area contributed by atoms with Gasteiger partial charge in [-0.15, -0.1) is 6.42 Å². The molecule has 0 amide bonds. The van der Waals surface area contributed by atoms with E-state index in [1.165, 1.54) is 0 Å². The van der Waals surface area contributed by atoms with Gasteiger partial charge in [0.15, 0.2) is 0 Å². The number of aliphatic hydroxyl groups excluding tert-OH is 2. The maximum absolute atomic E-state index is 12.6. The normalized spacial score (nSPS) is 35.0. The van der Waals surface area contributed by atoms with Crippen molar-refractivity contribution in [2.75, 3.05) is 20.2 Å². The van der Waals surface area contributed by atoms with Gasteiger partial charge in [-0.25, -0.2) is 0 Å². The first-order valence-electron chi connectivity index (χ1n) is 8.82. The molecule has 2 aliphatic heterocycles. The fourth-order valence-corrected chi connectivity index (χ4v) is 4.53. The highest BCUT2D eigenvalue weighted by Crippen LogP contribution is 2.42. The van der Waals surface area contributed by atoms with E-state index >= 15 is 0 Å². The molecule has 2 N–H and O–H groups in total. The van der Waals surface area contributed by atoms with Crippen molar-refractivity contribution < 1.29 is 24.2 Å². The van der Waals surface area contributed by atoms with Crippen molar-refractivity contribution >= 4 is 5.97 Å². The molecule has 0 radical (unpaired) electrons. The highest BCUT2D eigenvalue weighted by molar-refractivity contribution is 5.78. The molecule has 6 atom stereocenters. The molecule has 2 saturated heterocycles. The van der Waals surface area contributed by atoms with Crippen molar-refractivity contribution in [1.82, 2.24) is 0 Å². The second-order valence-corrected chi connectivity index (χ2v) is 7.41. The van der Waals surface area contributed by atoms with Gasteiger partial charge in [-0.2, -0.15) is 0 Å². The predicted octanol–water partition coefficient (Wildman–Crippen LogP) is 1.05. The Morgan fingerprint density at radius 2 is 2.08 bits per heavy atom. The first kappa shape index (κ1) is 17.9. The van der Waals surface area contributed by atoms with E-state index in [1.54, 1.807) is 0 Å². The second kappa shape index (κ2) is 7.17. The predicted molar refractivity (Wildman–Crippen MR) is 93.5 cm³/mol. The summed E-state index contributed by atoms with van der Waals surface area (Å²) >= 11 is 0. The van der Waals surface area contributed by atoms with Crippen molar-refractivity contribution in [2.45, 2.75) is 49.5 Å². The summed E-state index contributed by atoms with van der Waals surface area (Å²) in [6.07, 6.45) is 6.87. The van der Waals surface area contributed by atoms with Crippen LogP contribution >= 0.6 is 0 Å². The van der Waals surface area contributed by atoms with Gasteiger partial charge in [0.2, 0.25) is 0 Å². The quantitative estimate of drug-likeness (QED) is 0.476. The maximum atomic E-state index is 12.6. The minimum absolute atomic E-state index is 0.00287. The number of terminal acetylenes is 1. The number of rotatable bonds is 5. The number of hydrogen-bond donors (Lipinski definition) is 2. The van der Waals surface area contributed by atoms with E-state index in [-0.39, 0.29) is 24.8 Å². The van der Waals surface area contributed by atoms with E-state index in [0.717, 1.165) is 5.56 Å². The van der Waals surface area contributed by atoms with Gasteiger partial charge in [-0.3, -0.25) is 4.79 Å². The van der Waals surface area contributed by atoms with Gasteiger partial charge in [-0.05, 0) is 11.5 Å². The zero-order valence-corrected chi connectivity index (χ0v) is 14.5. The molecule has 2 bridgehead atoms. The molecule has 5 nitrogen and oxygen atoms in total. The van der Waals surface area contributed by atoms with Crippen LogP contribution in [0.15, 0.2) is 30.3 Å². The van der Waals surface area contributed by atoms with Gasteiger partial charge in [-0.1, -0.05) is 30.3 Å². The maximum Gasteiger partial charge on any atom is 0.316 e. The number of esters is 1. The SMILES string of the molecule is C#CC[N@+]1(C)[C@H]2C[C@H](OC(=O)[C@@H](CO)c3ccccc3)C[C@H]1[C@@H](O)C2. The average Bonchev–Trinajstić information content (AvgIpc) is 2.72. The van der Waals surface area contributed by atoms with Crippen molar-refractivity contribution in [3.05, 3.63) is 35.9 Å². The monoisotopic (exact) mass is 344 g/mol. The van der Waals surface area contributed by atoms with Crippen LogP contribution in [0.5, 0.6) is 0 Å². The Morgan fingerprint density at radius 1 is 1.36 bits per heavy atom. The Morgan fingerprint density at radius 3 is 2.68 bits per heavy atom. The lowest BCUT2D eigenvalue weighted by Gasteiger charge is -2.45. The number of hydrogen-bond acceptors (Lipinski definition) is 4. The molecule has 0 spiro atoms. The van der Waals surface area contributed by atoms with Crippen LogP contribution in [0.25, 0.3) is 0 Å². The lowest BCUT2D eigenvalue weighted by atomic mass is 9.95. The number of carbonyl (C=O) groups is 1. The smallest absolute Gasteiger partial charge is 0.316 e. The summed E-state index contributed by atoms with van der Waals surface area (Å²) in [5, 5.41) is 20.0. The third-order valence-corrected chi connectivity index (χ3v) is 5.97.